The summed E-state index contributed by atoms with van der Waals surface area (Å²) in [5, 5.41) is 27.6. The average molecular weight is 290 g/mol. The SMILES string of the molecule is CC(C)CC(O)C(=O)N1CCNCC1.O=C(O)C(=O)O. The van der Waals surface area contributed by atoms with Gasteiger partial charge in [-0.25, -0.2) is 9.59 Å². The number of hydrogen-bond acceptors (Lipinski definition) is 5. The quantitative estimate of drug-likeness (QED) is 0.490. The van der Waals surface area contributed by atoms with Gasteiger partial charge in [-0.3, -0.25) is 4.79 Å². The summed E-state index contributed by atoms with van der Waals surface area (Å²) in [5.41, 5.74) is 0. The summed E-state index contributed by atoms with van der Waals surface area (Å²) in [5.74, 6) is -3.40. The molecule has 0 aromatic carbocycles. The van der Waals surface area contributed by atoms with Gasteiger partial charge >= 0.3 is 11.9 Å². The number of carboxylic acids is 2. The van der Waals surface area contributed by atoms with Gasteiger partial charge in [-0.2, -0.15) is 0 Å². The van der Waals surface area contributed by atoms with Crippen LogP contribution in [0.3, 0.4) is 0 Å². The fraction of sp³-hybridized carbons (Fsp3) is 0.750. The molecule has 0 saturated carbocycles. The fourth-order valence-corrected chi connectivity index (χ4v) is 1.64. The summed E-state index contributed by atoms with van der Waals surface area (Å²) in [6, 6.07) is 0. The number of nitrogens with zero attached hydrogens (tertiary/aromatic N) is 1. The predicted molar refractivity (Wildman–Crippen MR) is 70.2 cm³/mol. The molecule has 0 radical (unpaired) electrons. The third kappa shape index (κ3) is 7.70. The number of hydrogen-bond donors (Lipinski definition) is 4. The molecule has 1 aliphatic heterocycles. The number of nitrogens with one attached hydrogen (secondary N) is 1. The van der Waals surface area contributed by atoms with Crippen molar-refractivity contribution in [1.29, 1.82) is 0 Å². The Morgan fingerprint density at radius 2 is 1.55 bits per heavy atom. The standard InChI is InChI=1S/C10H20N2O2.C2H2O4/c1-8(2)7-9(13)10(14)12-5-3-11-4-6-12;3-1(4)2(5)6/h8-9,11,13H,3-7H2,1-2H3;(H,3,4)(H,5,6). The number of amides is 1. The fourth-order valence-electron chi connectivity index (χ4n) is 1.64. The second-order valence-electron chi connectivity index (χ2n) is 4.83. The maximum absolute atomic E-state index is 11.7. The van der Waals surface area contributed by atoms with Crippen LogP contribution < -0.4 is 5.32 Å². The number of rotatable bonds is 3. The third-order valence-electron chi connectivity index (χ3n) is 2.59. The highest BCUT2D eigenvalue weighted by Gasteiger charge is 2.23. The topological polar surface area (TPSA) is 127 Å². The molecule has 0 aromatic rings. The van der Waals surface area contributed by atoms with Crippen LogP contribution in [0, 0.1) is 5.92 Å². The van der Waals surface area contributed by atoms with Gasteiger partial charge in [0.1, 0.15) is 6.10 Å². The Morgan fingerprint density at radius 1 is 1.10 bits per heavy atom. The van der Waals surface area contributed by atoms with Gasteiger partial charge in [0.25, 0.3) is 5.91 Å². The molecule has 1 atom stereocenters. The predicted octanol–water partition coefficient (Wildman–Crippen LogP) is -1.02. The third-order valence-corrected chi connectivity index (χ3v) is 2.59. The molecular formula is C12H22N2O6. The molecule has 8 nitrogen and oxygen atoms in total. The molecular weight excluding hydrogens is 268 g/mol. The van der Waals surface area contributed by atoms with Crippen LogP contribution in [0.5, 0.6) is 0 Å². The Hall–Kier alpha value is -1.67. The van der Waals surface area contributed by atoms with E-state index in [-0.39, 0.29) is 5.91 Å². The zero-order valence-electron chi connectivity index (χ0n) is 11.7. The molecule has 0 bridgehead atoms. The minimum atomic E-state index is -1.82. The Balaban J connectivity index is 0.000000511. The molecule has 1 aliphatic rings. The van der Waals surface area contributed by atoms with Crippen LogP contribution in [0.15, 0.2) is 0 Å². The highest BCUT2D eigenvalue weighted by Crippen LogP contribution is 2.08. The maximum atomic E-state index is 11.7. The van der Waals surface area contributed by atoms with Crippen molar-refractivity contribution in [3.63, 3.8) is 0 Å². The van der Waals surface area contributed by atoms with Crippen molar-refractivity contribution in [1.82, 2.24) is 10.2 Å². The monoisotopic (exact) mass is 290 g/mol. The molecule has 1 rings (SSSR count). The van der Waals surface area contributed by atoms with Crippen molar-refractivity contribution in [2.24, 2.45) is 5.92 Å². The second kappa shape index (κ2) is 9.27. The molecule has 4 N–H and O–H groups in total. The van der Waals surface area contributed by atoms with Crippen LogP contribution in [0.4, 0.5) is 0 Å². The molecule has 1 unspecified atom stereocenters. The van der Waals surface area contributed by atoms with Crippen LogP contribution >= 0.6 is 0 Å². The van der Waals surface area contributed by atoms with E-state index in [0.29, 0.717) is 25.4 Å². The number of carboxylic acid groups (broad SMARTS) is 2. The van der Waals surface area contributed by atoms with Crippen molar-refractivity contribution in [3.8, 4) is 0 Å². The number of carbonyl (C=O) groups is 3. The van der Waals surface area contributed by atoms with Gasteiger partial charge in [0.15, 0.2) is 0 Å². The zero-order valence-corrected chi connectivity index (χ0v) is 11.7. The molecule has 1 amide bonds. The lowest BCUT2D eigenvalue weighted by atomic mass is 10.0. The second-order valence-corrected chi connectivity index (χ2v) is 4.83. The number of aliphatic hydroxyl groups is 1. The zero-order chi connectivity index (χ0) is 15.7. The lowest BCUT2D eigenvalue weighted by molar-refractivity contribution is -0.159. The molecule has 116 valence electrons. The van der Waals surface area contributed by atoms with Crippen molar-refractivity contribution < 1.29 is 29.7 Å². The minimum Gasteiger partial charge on any atom is -0.473 e. The van der Waals surface area contributed by atoms with Gasteiger partial charge in [-0.15, -0.1) is 0 Å². The van der Waals surface area contributed by atoms with Crippen molar-refractivity contribution in [2.75, 3.05) is 26.2 Å². The summed E-state index contributed by atoms with van der Waals surface area (Å²) >= 11 is 0. The van der Waals surface area contributed by atoms with Crippen LogP contribution in [0.1, 0.15) is 20.3 Å². The van der Waals surface area contributed by atoms with Gasteiger partial charge in [-0.1, -0.05) is 13.8 Å². The average Bonchev–Trinajstić information content (AvgIpc) is 2.38. The van der Waals surface area contributed by atoms with Crippen LogP contribution in [-0.4, -0.2) is 70.3 Å². The normalized spacial score (nSPS) is 16.1. The molecule has 20 heavy (non-hydrogen) atoms. The first-order valence-corrected chi connectivity index (χ1v) is 6.39. The molecule has 1 saturated heterocycles. The molecule has 8 heteroatoms. The smallest absolute Gasteiger partial charge is 0.414 e. The van der Waals surface area contributed by atoms with E-state index >= 15 is 0 Å². The summed E-state index contributed by atoms with van der Waals surface area (Å²) < 4.78 is 0. The van der Waals surface area contributed by atoms with Crippen molar-refractivity contribution in [2.45, 2.75) is 26.4 Å². The number of aliphatic carboxylic acids is 2. The molecule has 1 fully saturated rings. The van der Waals surface area contributed by atoms with Gasteiger partial charge in [0, 0.05) is 26.2 Å². The van der Waals surface area contributed by atoms with Crippen LogP contribution in [-0.2, 0) is 14.4 Å². The lowest BCUT2D eigenvalue weighted by Crippen LogP contribution is -2.50. The van der Waals surface area contributed by atoms with E-state index in [9.17, 15) is 9.90 Å². The molecule has 0 spiro atoms. The largest absolute Gasteiger partial charge is 0.473 e. The van der Waals surface area contributed by atoms with E-state index in [4.69, 9.17) is 19.8 Å². The number of aliphatic hydroxyl groups excluding tert-OH is 1. The van der Waals surface area contributed by atoms with Crippen LogP contribution in [0.2, 0.25) is 0 Å². The molecule has 0 aromatic heterocycles. The Kier molecular flexibility index (Phi) is 8.49. The molecule has 0 aliphatic carbocycles. The Bertz CT molecular complexity index is 327. The first-order valence-electron chi connectivity index (χ1n) is 6.39. The van der Waals surface area contributed by atoms with Gasteiger partial charge in [-0.05, 0) is 12.3 Å². The number of piperazine rings is 1. The van der Waals surface area contributed by atoms with E-state index in [0.717, 1.165) is 13.1 Å². The summed E-state index contributed by atoms with van der Waals surface area (Å²) in [7, 11) is 0. The van der Waals surface area contributed by atoms with E-state index in [1.54, 1.807) is 4.90 Å². The minimum absolute atomic E-state index is 0.111. The molecule has 1 heterocycles. The van der Waals surface area contributed by atoms with Gasteiger partial charge < -0.3 is 25.5 Å². The van der Waals surface area contributed by atoms with E-state index in [1.807, 2.05) is 13.8 Å². The first-order chi connectivity index (χ1) is 9.25. The summed E-state index contributed by atoms with van der Waals surface area (Å²) in [4.78, 5) is 31.6. The Morgan fingerprint density at radius 3 is 1.90 bits per heavy atom. The summed E-state index contributed by atoms with van der Waals surface area (Å²) in [6.07, 6.45) is -0.254. The van der Waals surface area contributed by atoms with Crippen molar-refractivity contribution in [3.05, 3.63) is 0 Å². The number of carbonyl (C=O) groups excluding carboxylic acids is 1. The lowest BCUT2D eigenvalue weighted by Gasteiger charge is -2.29. The van der Waals surface area contributed by atoms with E-state index in [2.05, 4.69) is 5.32 Å². The Labute approximate surface area is 117 Å². The van der Waals surface area contributed by atoms with E-state index in [1.165, 1.54) is 0 Å². The van der Waals surface area contributed by atoms with Crippen molar-refractivity contribution >= 4 is 17.8 Å². The van der Waals surface area contributed by atoms with E-state index < -0.39 is 18.0 Å². The maximum Gasteiger partial charge on any atom is 0.414 e. The van der Waals surface area contributed by atoms with Crippen LogP contribution in [0.25, 0.3) is 0 Å². The van der Waals surface area contributed by atoms with Gasteiger partial charge in [0.05, 0.1) is 0 Å². The van der Waals surface area contributed by atoms with Gasteiger partial charge in [0.2, 0.25) is 0 Å². The highest BCUT2D eigenvalue weighted by atomic mass is 16.4. The first kappa shape index (κ1) is 18.3. The highest BCUT2D eigenvalue weighted by molar-refractivity contribution is 6.27. The summed E-state index contributed by atoms with van der Waals surface area (Å²) in [6.45, 7) is 7.12.